The Bertz CT molecular complexity index is 579. The third-order valence-electron chi connectivity index (χ3n) is 2.08. The Morgan fingerprint density at radius 1 is 1.42 bits per heavy atom. The number of nitrogens with zero attached hydrogens (tertiary/aromatic N) is 3. The minimum atomic E-state index is -0.325. The third-order valence-corrected chi connectivity index (χ3v) is 2.91. The van der Waals surface area contributed by atoms with Gasteiger partial charge in [0, 0.05) is 0 Å². The van der Waals surface area contributed by atoms with Crippen molar-refractivity contribution in [3.05, 3.63) is 36.0 Å². The molecule has 0 fully saturated rings. The van der Waals surface area contributed by atoms with Gasteiger partial charge in [-0.15, -0.1) is 10.2 Å². The van der Waals surface area contributed by atoms with Gasteiger partial charge in [0.2, 0.25) is 0 Å². The van der Waals surface area contributed by atoms with Crippen LogP contribution in [0.15, 0.2) is 33.9 Å². The highest BCUT2D eigenvalue weighted by Crippen LogP contribution is 2.21. The maximum Gasteiger partial charge on any atom is 0.277 e. The number of nitriles is 1. The van der Waals surface area contributed by atoms with Crippen LogP contribution in [0.25, 0.3) is 0 Å². The molecule has 0 amide bonds. The first-order valence-corrected chi connectivity index (χ1v) is 6.32. The monoisotopic (exact) mass is 279 g/mol. The van der Waals surface area contributed by atoms with E-state index in [9.17, 15) is 4.39 Å². The molecule has 0 aliphatic rings. The maximum atomic E-state index is 12.7. The summed E-state index contributed by atoms with van der Waals surface area (Å²) in [7, 11) is 0. The van der Waals surface area contributed by atoms with Crippen LogP contribution in [0.4, 0.5) is 4.39 Å². The smallest absolute Gasteiger partial charge is 0.277 e. The summed E-state index contributed by atoms with van der Waals surface area (Å²) in [5, 5.41) is 16.3. The SMILES string of the molecule is C[C@H](C#N)Sc1nnc(COc2ccc(F)cc2)o1. The lowest BCUT2D eigenvalue weighted by Gasteiger charge is -2.02. The number of rotatable bonds is 5. The quantitative estimate of drug-likeness (QED) is 0.784. The van der Waals surface area contributed by atoms with Gasteiger partial charge in [-0.3, -0.25) is 0 Å². The van der Waals surface area contributed by atoms with Crippen molar-refractivity contribution in [3.63, 3.8) is 0 Å². The lowest BCUT2D eigenvalue weighted by atomic mass is 10.3. The highest BCUT2D eigenvalue weighted by Gasteiger charge is 2.11. The van der Waals surface area contributed by atoms with Gasteiger partial charge in [0.25, 0.3) is 11.1 Å². The number of benzene rings is 1. The van der Waals surface area contributed by atoms with Crippen LogP contribution in [0.3, 0.4) is 0 Å². The summed E-state index contributed by atoms with van der Waals surface area (Å²) in [5.74, 6) is 0.491. The minimum absolute atomic E-state index is 0.0973. The van der Waals surface area contributed by atoms with E-state index in [0.717, 1.165) is 0 Å². The molecule has 0 saturated heterocycles. The van der Waals surface area contributed by atoms with Gasteiger partial charge in [-0.25, -0.2) is 4.39 Å². The predicted molar refractivity (Wildman–Crippen MR) is 66.0 cm³/mol. The molecule has 0 radical (unpaired) electrons. The molecule has 7 heteroatoms. The Balaban J connectivity index is 1.90. The number of ether oxygens (including phenoxy) is 1. The van der Waals surface area contributed by atoms with E-state index < -0.39 is 0 Å². The molecule has 0 N–H and O–H groups in total. The van der Waals surface area contributed by atoms with E-state index in [2.05, 4.69) is 16.3 Å². The summed E-state index contributed by atoms with van der Waals surface area (Å²) in [4.78, 5) is 0. The van der Waals surface area contributed by atoms with Gasteiger partial charge in [-0.2, -0.15) is 5.26 Å². The van der Waals surface area contributed by atoms with Gasteiger partial charge in [-0.1, -0.05) is 0 Å². The van der Waals surface area contributed by atoms with Crippen molar-refractivity contribution in [1.82, 2.24) is 10.2 Å². The Morgan fingerprint density at radius 2 is 2.16 bits per heavy atom. The lowest BCUT2D eigenvalue weighted by Crippen LogP contribution is -1.95. The van der Waals surface area contributed by atoms with Crippen LogP contribution in [-0.2, 0) is 6.61 Å². The van der Waals surface area contributed by atoms with Crippen LogP contribution >= 0.6 is 11.8 Å². The van der Waals surface area contributed by atoms with E-state index in [1.165, 1.54) is 36.0 Å². The molecule has 5 nitrogen and oxygen atoms in total. The molecule has 0 aliphatic carbocycles. The number of hydrogen-bond donors (Lipinski definition) is 0. The van der Waals surface area contributed by atoms with Crippen LogP contribution in [-0.4, -0.2) is 15.4 Å². The number of halogens is 1. The zero-order valence-corrected chi connectivity index (χ0v) is 10.9. The van der Waals surface area contributed by atoms with Crippen molar-refractivity contribution in [3.8, 4) is 11.8 Å². The van der Waals surface area contributed by atoms with Gasteiger partial charge in [0.1, 0.15) is 11.6 Å². The van der Waals surface area contributed by atoms with Gasteiger partial charge < -0.3 is 9.15 Å². The zero-order valence-electron chi connectivity index (χ0n) is 10.0. The van der Waals surface area contributed by atoms with Crippen LogP contribution in [0, 0.1) is 17.1 Å². The Morgan fingerprint density at radius 3 is 2.84 bits per heavy atom. The highest BCUT2D eigenvalue weighted by atomic mass is 32.2. The maximum absolute atomic E-state index is 12.7. The van der Waals surface area contributed by atoms with Crippen molar-refractivity contribution in [2.24, 2.45) is 0 Å². The fraction of sp³-hybridized carbons (Fsp3) is 0.250. The summed E-state index contributed by atoms with van der Waals surface area (Å²) in [6.07, 6.45) is 0. The summed E-state index contributed by atoms with van der Waals surface area (Å²) in [6.45, 7) is 1.84. The molecule has 0 saturated carbocycles. The van der Waals surface area contributed by atoms with Gasteiger partial charge >= 0.3 is 0 Å². The van der Waals surface area contributed by atoms with Crippen LogP contribution in [0.1, 0.15) is 12.8 Å². The van der Waals surface area contributed by atoms with Crippen molar-refractivity contribution in [1.29, 1.82) is 5.26 Å². The molecule has 98 valence electrons. The van der Waals surface area contributed by atoms with Crippen molar-refractivity contribution >= 4 is 11.8 Å². The van der Waals surface area contributed by atoms with E-state index in [1.54, 1.807) is 6.92 Å². The average molecular weight is 279 g/mol. The molecular weight excluding hydrogens is 269 g/mol. The van der Waals surface area contributed by atoms with Crippen LogP contribution < -0.4 is 4.74 Å². The normalized spacial score (nSPS) is 11.8. The van der Waals surface area contributed by atoms with Gasteiger partial charge in [-0.05, 0) is 43.0 Å². The molecule has 1 atom stereocenters. The zero-order chi connectivity index (χ0) is 13.7. The molecule has 2 aromatic rings. The molecule has 0 spiro atoms. The summed E-state index contributed by atoms with van der Waals surface area (Å²) in [5.41, 5.74) is 0. The first-order chi connectivity index (χ1) is 9.17. The molecule has 1 aromatic carbocycles. The second-order valence-corrected chi connectivity index (χ2v) is 4.89. The van der Waals surface area contributed by atoms with E-state index in [1.807, 2.05) is 0 Å². The Hall–Kier alpha value is -2.07. The summed E-state index contributed by atoms with van der Waals surface area (Å²) in [6, 6.07) is 7.69. The second kappa shape index (κ2) is 6.20. The van der Waals surface area contributed by atoms with Crippen molar-refractivity contribution in [2.45, 2.75) is 24.0 Å². The minimum Gasteiger partial charge on any atom is -0.484 e. The fourth-order valence-corrected chi connectivity index (χ4v) is 1.79. The molecule has 19 heavy (non-hydrogen) atoms. The number of thioether (sulfide) groups is 1. The lowest BCUT2D eigenvalue weighted by molar-refractivity contribution is 0.252. The average Bonchev–Trinajstić information content (AvgIpc) is 2.85. The number of aromatic nitrogens is 2. The van der Waals surface area contributed by atoms with Crippen molar-refractivity contribution < 1.29 is 13.5 Å². The molecule has 1 heterocycles. The van der Waals surface area contributed by atoms with Gasteiger partial charge in [0.05, 0.1) is 11.3 Å². The summed E-state index contributed by atoms with van der Waals surface area (Å²) >= 11 is 1.18. The largest absolute Gasteiger partial charge is 0.484 e. The van der Waals surface area contributed by atoms with E-state index in [-0.39, 0.29) is 17.7 Å². The molecule has 1 aromatic heterocycles. The first kappa shape index (κ1) is 13.4. The molecule has 0 bridgehead atoms. The van der Waals surface area contributed by atoms with Crippen LogP contribution in [0.2, 0.25) is 0 Å². The fourth-order valence-electron chi connectivity index (χ4n) is 1.20. The molecule has 0 aliphatic heterocycles. The molecule has 2 rings (SSSR count). The first-order valence-electron chi connectivity index (χ1n) is 5.44. The van der Waals surface area contributed by atoms with Crippen molar-refractivity contribution in [2.75, 3.05) is 0 Å². The topological polar surface area (TPSA) is 71.9 Å². The number of hydrogen-bond acceptors (Lipinski definition) is 6. The Kier molecular flexibility index (Phi) is 4.36. The molecule has 0 unspecified atom stereocenters. The standard InChI is InChI=1S/C12H10FN3O2S/c1-8(6-14)19-12-16-15-11(18-12)7-17-10-4-2-9(13)3-5-10/h2-5,8H,7H2,1H3/t8-/m1/s1. The highest BCUT2D eigenvalue weighted by molar-refractivity contribution is 7.99. The summed E-state index contributed by atoms with van der Waals surface area (Å²) < 4.78 is 23.3. The van der Waals surface area contributed by atoms with Crippen LogP contribution in [0.5, 0.6) is 5.75 Å². The third kappa shape index (κ3) is 3.96. The van der Waals surface area contributed by atoms with E-state index in [0.29, 0.717) is 16.9 Å². The van der Waals surface area contributed by atoms with E-state index >= 15 is 0 Å². The van der Waals surface area contributed by atoms with Gasteiger partial charge in [0.15, 0.2) is 6.61 Å². The second-order valence-electron chi connectivity index (χ2n) is 3.59. The Labute approximate surface area is 113 Å². The predicted octanol–water partition coefficient (Wildman–Crippen LogP) is 2.79. The van der Waals surface area contributed by atoms with E-state index in [4.69, 9.17) is 14.4 Å². The molecular formula is C12H10FN3O2S.